The summed E-state index contributed by atoms with van der Waals surface area (Å²) in [5.74, 6) is 0.145. The first-order chi connectivity index (χ1) is 8.18. The van der Waals surface area contributed by atoms with Gasteiger partial charge in [-0.3, -0.25) is 0 Å². The Morgan fingerprint density at radius 2 is 1.82 bits per heavy atom. The number of hydrogen-bond donors (Lipinski definition) is 1. The van der Waals surface area contributed by atoms with E-state index >= 15 is 0 Å². The monoisotopic (exact) mass is 250 g/mol. The van der Waals surface area contributed by atoms with Crippen LogP contribution in [-0.4, -0.2) is 4.98 Å². The molecule has 0 aliphatic rings. The number of pyridine rings is 1. The van der Waals surface area contributed by atoms with Gasteiger partial charge < -0.3 is 5.73 Å². The predicted octanol–water partition coefficient (Wildman–Crippen LogP) is 3.24. The van der Waals surface area contributed by atoms with Gasteiger partial charge in [-0.05, 0) is 36.1 Å². The second-order valence-electron chi connectivity index (χ2n) is 3.76. The molecule has 2 rings (SSSR count). The topological polar surface area (TPSA) is 38.9 Å². The molecule has 2 nitrogen and oxygen atoms in total. The summed E-state index contributed by atoms with van der Waals surface area (Å²) in [5, 5.41) is 0.154. The van der Waals surface area contributed by atoms with Crippen LogP contribution >= 0.6 is 11.6 Å². The molecule has 0 unspecified atom stereocenters. The molecule has 1 aromatic carbocycles. The van der Waals surface area contributed by atoms with Crippen molar-refractivity contribution in [1.29, 1.82) is 0 Å². The maximum Gasteiger partial charge on any atom is 0.144 e. The Morgan fingerprint density at radius 1 is 1.12 bits per heavy atom. The molecule has 2 aromatic rings. The van der Waals surface area contributed by atoms with E-state index < -0.39 is 0 Å². The van der Waals surface area contributed by atoms with Gasteiger partial charge in [0.15, 0.2) is 0 Å². The molecule has 0 saturated heterocycles. The molecule has 2 N–H and O–H groups in total. The van der Waals surface area contributed by atoms with Crippen molar-refractivity contribution in [3.8, 4) is 0 Å². The lowest BCUT2D eigenvalue weighted by Gasteiger charge is -2.06. The van der Waals surface area contributed by atoms with Gasteiger partial charge >= 0.3 is 0 Å². The zero-order valence-electron chi connectivity index (χ0n) is 9.16. The first kappa shape index (κ1) is 11.9. The number of aryl methyl sites for hydroxylation is 2. The van der Waals surface area contributed by atoms with Crippen LogP contribution in [0.15, 0.2) is 36.5 Å². The number of benzene rings is 1. The van der Waals surface area contributed by atoms with E-state index in [0.717, 1.165) is 5.56 Å². The highest BCUT2D eigenvalue weighted by Gasteiger charge is 2.07. The van der Waals surface area contributed by atoms with Crippen LogP contribution in [0.25, 0.3) is 0 Å². The van der Waals surface area contributed by atoms with Crippen LogP contribution in [0.1, 0.15) is 11.1 Å². The van der Waals surface area contributed by atoms with Crippen molar-refractivity contribution in [1.82, 2.24) is 4.98 Å². The third-order valence-corrected chi connectivity index (χ3v) is 2.91. The summed E-state index contributed by atoms with van der Waals surface area (Å²) in [6.07, 6.45) is 2.85. The van der Waals surface area contributed by atoms with Gasteiger partial charge in [0.2, 0.25) is 0 Å². The van der Waals surface area contributed by atoms with Gasteiger partial charge in [-0.25, -0.2) is 9.37 Å². The molecule has 0 atom stereocenters. The first-order valence-corrected chi connectivity index (χ1v) is 5.68. The van der Waals surface area contributed by atoms with Gasteiger partial charge in [-0.1, -0.05) is 29.8 Å². The molecular weight excluding hydrogens is 239 g/mol. The first-order valence-electron chi connectivity index (χ1n) is 5.30. The number of rotatable bonds is 3. The number of anilines is 1. The number of aromatic nitrogens is 1. The summed E-state index contributed by atoms with van der Waals surface area (Å²) in [4.78, 5) is 3.99. The molecule has 0 aliphatic carbocycles. The number of nitrogen functional groups attached to an aromatic ring is 1. The molecular formula is C13H12ClFN2. The Bertz CT molecular complexity index is 529. The minimum Gasteiger partial charge on any atom is -0.383 e. The number of hydrogen-bond acceptors (Lipinski definition) is 2. The Kier molecular flexibility index (Phi) is 3.59. The Morgan fingerprint density at radius 3 is 2.59 bits per heavy atom. The third kappa shape index (κ3) is 2.74. The Hall–Kier alpha value is -1.61. The smallest absolute Gasteiger partial charge is 0.144 e. The standard InChI is InChI=1S/C13H12ClFN2/c14-11-5-1-3-9(12(11)15)6-7-10-4-2-8-17-13(10)16/h1-5,8H,6-7H2,(H2,16,17). The van der Waals surface area contributed by atoms with Crippen molar-refractivity contribution in [2.24, 2.45) is 0 Å². The summed E-state index contributed by atoms with van der Waals surface area (Å²) < 4.78 is 13.6. The van der Waals surface area contributed by atoms with E-state index in [0.29, 0.717) is 24.2 Å². The SMILES string of the molecule is Nc1ncccc1CCc1cccc(Cl)c1F. The van der Waals surface area contributed by atoms with Crippen molar-refractivity contribution in [3.05, 3.63) is 58.5 Å². The van der Waals surface area contributed by atoms with Crippen molar-refractivity contribution in [2.75, 3.05) is 5.73 Å². The zero-order chi connectivity index (χ0) is 12.3. The van der Waals surface area contributed by atoms with Crippen LogP contribution in [0.4, 0.5) is 10.2 Å². The molecule has 0 bridgehead atoms. The summed E-state index contributed by atoms with van der Waals surface area (Å²) >= 11 is 5.71. The van der Waals surface area contributed by atoms with E-state index in [1.54, 1.807) is 24.4 Å². The summed E-state index contributed by atoms with van der Waals surface area (Å²) in [6.45, 7) is 0. The zero-order valence-corrected chi connectivity index (χ0v) is 9.91. The van der Waals surface area contributed by atoms with Crippen LogP contribution in [0.5, 0.6) is 0 Å². The minimum atomic E-state index is -0.350. The normalized spacial score (nSPS) is 10.5. The van der Waals surface area contributed by atoms with Gasteiger partial charge in [0, 0.05) is 6.20 Å². The third-order valence-electron chi connectivity index (χ3n) is 2.62. The van der Waals surface area contributed by atoms with Crippen molar-refractivity contribution in [2.45, 2.75) is 12.8 Å². The van der Waals surface area contributed by atoms with E-state index in [2.05, 4.69) is 4.98 Å². The lowest BCUT2D eigenvalue weighted by atomic mass is 10.0. The van der Waals surface area contributed by atoms with Crippen LogP contribution < -0.4 is 5.73 Å². The van der Waals surface area contributed by atoms with Gasteiger partial charge in [0.1, 0.15) is 11.6 Å². The lowest BCUT2D eigenvalue weighted by Crippen LogP contribution is -2.00. The fourth-order valence-corrected chi connectivity index (χ4v) is 1.87. The van der Waals surface area contributed by atoms with Crippen LogP contribution in [0.2, 0.25) is 5.02 Å². The Labute approximate surface area is 104 Å². The summed E-state index contributed by atoms with van der Waals surface area (Å²) in [6, 6.07) is 8.73. The molecule has 0 spiro atoms. The summed E-state index contributed by atoms with van der Waals surface area (Å²) in [7, 11) is 0. The van der Waals surface area contributed by atoms with E-state index in [9.17, 15) is 4.39 Å². The number of halogens is 2. The van der Waals surface area contributed by atoms with E-state index in [1.807, 2.05) is 12.1 Å². The van der Waals surface area contributed by atoms with E-state index in [-0.39, 0.29) is 10.8 Å². The molecule has 1 heterocycles. The second kappa shape index (κ2) is 5.15. The van der Waals surface area contributed by atoms with Gasteiger partial charge in [0.25, 0.3) is 0 Å². The maximum atomic E-state index is 13.6. The van der Waals surface area contributed by atoms with Gasteiger partial charge in [-0.15, -0.1) is 0 Å². The largest absolute Gasteiger partial charge is 0.383 e. The number of nitrogens with two attached hydrogens (primary N) is 1. The quantitative estimate of drug-likeness (QED) is 0.908. The highest BCUT2D eigenvalue weighted by atomic mass is 35.5. The van der Waals surface area contributed by atoms with Crippen molar-refractivity contribution in [3.63, 3.8) is 0 Å². The summed E-state index contributed by atoms with van der Waals surface area (Å²) in [5.41, 5.74) is 7.24. The average Bonchev–Trinajstić information content (AvgIpc) is 2.33. The molecule has 1 aromatic heterocycles. The second-order valence-corrected chi connectivity index (χ2v) is 4.17. The molecule has 0 aliphatic heterocycles. The lowest BCUT2D eigenvalue weighted by molar-refractivity contribution is 0.609. The van der Waals surface area contributed by atoms with Gasteiger partial charge in [-0.2, -0.15) is 0 Å². The average molecular weight is 251 g/mol. The molecule has 0 saturated carbocycles. The molecule has 17 heavy (non-hydrogen) atoms. The van der Waals surface area contributed by atoms with Crippen LogP contribution in [0.3, 0.4) is 0 Å². The molecule has 0 amide bonds. The van der Waals surface area contributed by atoms with Crippen molar-refractivity contribution >= 4 is 17.4 Å². The van der Waals surface area contributed by atoms with Crippen LogP contribution in [0, 0.1) is 5.82 Å². The van der Waals surface area contributed by atoms with E-state index in [1.165, 1.54) is 0 Å². The molecule has 0 fully saturated rings. The van der Waals surface area contributed by atoms with Crippen LogP contribution in [-0.2, 0) is 12.8 Å². The van der Waals surface area contributed by atoms with Crippen molar-refractivity contribution < 1.29 is 4.39 Å². The predicted molar refractivity (Wildman–Crippen MR) is 67.5 cm³/mol. The number of nitrogens with zero attached hydrogens (tertiary/aromatic N) is 1. The van der Waals surface area contributed by atoms with Gasteiger partial charge in [0.05, 0.1) is 5.02 Å². The maximum absolute atomic E-state index is 13.6. The fourth-order valence-electron chi connectivity index (χ4n) is 1.67. The fraction of sp³-hybridized carbons (Fsp3) is 0.154. The van der Waals surface area contributed by atoms with E-state index in [4.69, 9.17) is 17.3 Å². The highest BCUT2D eigenvalue weighted by molar-refractivity contribution is 6.30. The molecule has 88 valence electrons. The molecule has 4 heteroatoms. The minimum absolute atomic E-state index is 0.154. The molecule has 0 radical (unpaired) electrons. The highest BCUT2D eigenvalue weighted by Crippen LogP contribution is 2.20. The Balaban J connectivity index is 2.13.